The molecular formula is C10H16N4O6. The van der Waals surface area contributed by atoms with Crippen LogP contribution in [0, 0.1) is 10.1 Å². The van der Waals surface area contributed by atoms with E-state index in [1.165, 1.54) is 7.05 Å². The standard InChI is InChI=1S/C10H16N4O6/c1-3-20-5-4-13-7(9(11)15)6(14(18)19)8(10(16)17)12(13)2/h8H,3-5H2,1-2H3,(H2,11,15)(H,16,17). The van der Waals surface area contributed by atoms with Crippen molar-refractivity contribution in [2.75, 3.05) is 26.8 Å². The van der Waals surface area contributed by atoms with E-state index in [0.29, 0.717) is 6.61 Å². The summed E-state index contributed by atoms with van der Waals surface area (Å²) in [6.45, 7) is 2.46. The molecule has 1 amide bonds. The van der Waals surface area contributed by atoms with Crippen molar-refractivity contribution in [3.8, 4) is 0 Å². The van der Waals surface area contributed by atoms with Crippen molar-refractivity contribution in [1.29, 1.82) is 0 Å². The molecule has 0 aliphatic carbocycles. The monoisotopic (exact) mass is 288 g/mol. The number of nitrogens with zero attached hydrogens (tertiary/aromatic N) is 3. The van der Waals surface area contributed by atoms with Gasteiger partial charge in [0.1, 0.15) is 0 Å². The number of nitro groups is 1. The van der Waals surface area contributed by atoms with Crippen LogP contribution >= 0.6 is 0 Å². The quantitative estimate of drug-likeness (QED) is 0.331. The molecule has 10 heteroatoms. The van der Waals surface area contributed by atoms with E-state index in [4.69, 9.17) is 15.6 Å². The minimum Gasteiger partial charge on any atom is -0.480 e. The number of carbonyl (C=O) groups excluding carboxylic acids is 1. The highest BCUT2D eigenvalue weighted by Crippen LogP contribution is 2.28. The number of carboxylic acid groups (broad SMARTS) is 1. The number of primary amides is 1. The average Bonchev–Trinajstić information content (AvgIpc) is 2.63. The molecule has 1 aliphatic heterocycles. The molecule has 0 aromatic heterocycles. The van der Waals surface area contributed by atoms with Gasteiger partial charge in [0.15, 0.2) is 5.70 Å². The van der Waals surface area contributed by atoms with Crippen LogP contribution in [0.5, 0.6) is 0 Å². The molecular weight excluding hydrogens is 272 g/mol. The first-order chi connectivity index (χ1) is 9.32. The minimum atomic E-state index is -1.56. The van der Waals surface area contributed by atoms with Gasteiger partial charge in [0.05, 0.1) is 18.1 Å². The second-order valence-electron chi connectivity index (χ2n) is 3.99. The van der Waals surface area contributed by atoms with Gasteiger partial charge in [0, 0.05) is 13.7 Å². The van der Waals surface area contributed by atoms with Gasteiger partial charge in [-0.1, -0.05) is 0 Å². The van der Waals surface area contributed by atoms with Crippen LogP contribution in [0.15, 0.2) is 11.4 Å². The maximum absolute atomic E-state index is 11.4. The van der Waals surface area contributed by atoms with Crippen LogP contribution in [0.4, 0.5) is 0 Å². The molecule has 0 bridgehead atoms. The van der Waals surface area contributed by atoms with Gasteiger partial charge in [-0.25, -0.2) is 4.79 Å². The van der Waals surface area contributed by atoms with Gasteiger partial charge < -0.3 is 15.6 Å². The Morgan fingerprint density at radius 3 is 2.55 bits per heavy atom. The molecule has 0 aromatic rings. The van der Waals surface area contributed by atoms with Crippen LogP contribution < -0.4 is 5.73 Å². The number of likely N-dealkylation sites (N-methyl/N-ethyl adjacent to an activating group) is 1. The smallest absolute Gasteiger partial charge is 0.334 e. The van der Waals surface area contributed by atoms with Crippen LogP contribution in [-0.4, -0.2) is 64.8 Å². The minimum absolute atomic E-state index is 0.0870. The lowest BCUT2D eigenvalue weighted by Gasteiger charge is -2.28. The topological polar surface area (TPSA) is 139 Å². The van der Waals surface area contributed by atoms with Gasteiger partial charge >= 0.3 is 11.7 Å². The number of amides is 1. The van der Waals surface area contributed by atoms with Crippen molar-refractivity contribution in [3.05, 3.63) is 21.5 Å². The summed E-state index contributed by atoms with van der Waals surface area (Å²) in [4.78, 5) is 32.8. The zero-order valence-corrected chi connectivity index (χ0v) is 11.1. The van der Waals surface area contributed by atoms with E-state index >= 15 is 0 Å². The fraction of sp³-hybridized carbons (Fsp3) is 0.600. The van der Waals surface area contributed by atoms with E-state index in [1.807, 2.05) is 0 Å². The van der Waals surface area contributed by atoms with E-state index in [-0.39, 0.29) is 13.2 Å². The van der Waals surface area contributed by atoms with Gasteiger partial charge in [-0.2, -0.15) is 5.01 Å². The Hall–Kier alpha value is -2.20. The summed E-state index contributed by atoms with van der Waals surface area (Å²) in [5, 5.41) is 22.4. The SMILES string of the molecule is CCOCCN1C(C(N)=O)=C([N+](=O)[O-])C(C(=O)O)N1C. The van der Waals surface area contributed by atoms with Crippen molar-refractivity contribution in [2.45, 2.75) is 13.0 Å². The largest absolute Gasteiger partial charge is 0.480 e. The van der Waals surface area contributed by atoms with Crippen molar-refractivity contribution in [1.82, 2.24) is 10.0 Å². The number of hydrogen-bond acceptors (Lipinski definition) is 7. The molecule has 1 heterocycles. The number of carboxylic acids is 1. The molecule has 20 heavy (non-hydrogen) atoms. The van der Waals surface area contributed by atoms with E-state index in [0.717, 1.165) is 10.0 Å². The number of hydrazine groups is 1. The highest BCUT2D eigenvalue weighted by Gasteiger charge is 2.50. The summed E-state index contributed by atoms with van der Waals surface area (Å²) in [5.74, 6) is -2.49. The number of ether oxygens (including phenoxy) is 1. The van der Waals surface area contributed by atoms with Crippen molar-refractivity contribution in [2.24, 2.45) is 5.73 Å². The molecule has 1 aliphatic rings. The molecule has 3 N–H and O–H groups in total. The molecule has 1 unspecified atom stereocenters. The number of rotatable bonds is 7. The Morgan fingerprint density at radius 1 is 1.55 bits per heavy atom. The van der Waals surface area contributed by atoms with Gasteiger partial charge in [0.2, 0.25) is 6.04 Å². The maximum atomic E-state index is 11.4. The molecule has 10 nitrogen and oxygen atoms in total. The van der Waals surface area contributed by atoms with Crippen LogP contribution in [0.2, 0.25) is 0 Å². The van der Waals surface area contributed by atoms with Gasteiger partial charge in [0.25, 0.3) is 5.91 Å². The van der Waals surface area contributed by atoms with Gasteiger partial charge in [-0.3, -0.25) is 19.9 Å². The first kappa shape index (κ1) is 15.9. The third-order valence-electron chi connectivity index (χ3n) is 2.83. The van der Waals surface area contributed by atoms with E-state index in [1.54, 1.807) is 6.92 Å². The average molecular weight is 288 g/mol. The third-order valence-corrected chi connectivity index (χ3v) is 2.83. The third kappa shape index (κ3) is 2.86. The summed E-state index contributed by atoms with van der Waals surface area (Å²) < 4.78 is 5.10. The zero-order chi connectivity index (χ0) is 15.4. The zero-order valence-electron chi connectivity index (χ0n) is 11.1. The van der Waals surface area contributed by atoms with E-state index in [2.05, 4.69) is 0 Å². The Balaban J connectivity index is 3.19. The second-order valence-corrected chi connectivity index (χ2v) is 3.99. The Labute approximate surface area is 114 Å². The van der Waals surface area contributed by atoms with Crippen LogP contribution in [0.25, 0.3) is 0 Å². The van der Waals surface area contributed by atoms with Crippen molar-refractivity contribution >= 4 is 11.9 Å². The summed E-state index contributed by atoms with van der Waals surface area (Å²) in [6.07, 6.45) is 0. The fourth-order valence-corrected chi connectivity index (χ4v) is 2.02. The normalized spacial score (nSPS) is 19.5. The van der Waals surface area contributed by atoms with Crippen molar-refractivity contribution < 1.29 is 24.4 Å². The van der Waals surface area contributed by atoms with Crippen molar-refractivity contribution in [3.63, 3.8) is 0 Å². The number of hydrogen-bond donors (Lipinski definition) is 2. The van der Waals surface area contributed by atoms with Crippen LogP contribution in [0.3, 0.4) is 0 Å². The molecule has 0 radical (unpaired) electrons. The van der Waals surface area contributed by atoms with Crippen LogP contribution in [-0.2, 0) is 14.3 Å². The summed E-state index contributed by atoms with van der Waals surface area (Å²) in [6, 6.07) is -1.56. The predicted octanol–water partition coefficient (Wildman–Crippen LogP) is -1.39. The molecule has 0 aromatic carbocycles. The first-order valence-electron chi connectivity index (χ1n) is 5.82. The Bertz CT molecular complexity index is 463. The maximum Gasteiger partial charge on any atom is 0.334 e. The lowest BCUT2D eigenvalue weighted by atomic mass is 10.2. The number of carbonyl (C=O) groups is 2. The van der Waals surface area contributed by atoms with Crippen LogP contribution in [0.1, 0.15) is 6.92 Å². The lowest BCUT2D eigenvalue weighted by Crippen LogP contribution is -2.46. The molecule has 0 saturated heterocycles. The molecule has 0 spiro atoms. The van der Waals surface area contributed by atoms with Gasteiger partial charge in [-0.05, 0) is 6.92 Å². The Kier molecular flexibility index (Phi) is 5.00. The lowest BCUT2D eigenvalue weighted by molar-refractivity contribution is -0.430. The van der Waals surface area contributed by atoms with E-state index < -0.39 is 34.2 Å². The molecule has 0 fully saturated rings. The first-order valence-corrected chi connectivity index (χ1v) is 5.82. The fourth-order valence-electron chi connectivity index (χ4n) is 2.02. The summed E-state index contributed by atoms with van der Waals surface area (Å²) >= 11 is 0. The number of nitrogens with two attached hydrogens (primary N) is 1. The molecule has 112 valence electrons. The Morgan fingerprint density at radius 2 is 2.15 bits per heavy atom. The molecule has 1 atom stereocenters. The molecule has 1 rings (SSSR count). The highest BCUT2D eigenvalue weighted by atomic mass is 16.6. The summed E-state index contributed by atoms with van der Waals surface area (Å²) in [7, 11) is 1.34. The predicted molar refractivity (Wildman–Crippen MR) is 65.6 cm³/mol. The molecule has 0 saturated carbocycles. The van der Waals surface area contributed by atoms with Gasteiger partial charge in [-0.15, -0.1) is 0 Å². The summed E-state index contributed by atoms with van der Waals surface area (Å²) in [5.41, 5.74) is 3.98. The highest BCUT2D eigenvalue weighted by molar-refractivity contribution is 5.94. The van der Waals surface area contributed by atoms with E-state index in [9.17, 15) is 19.7 Å². The second kappa shape index (κ2) is 6.30. The number of aliphatic carboxylic acids is 1.